The SMILES string of the molecule is CC(C)N(Cc1ccccc1)C(=O)CSC1=C(C#N)C(C)(C)[C@@H](C#N)C(=O)N1. The van der Waals surface area contributed by atoms with Crippen molar-refractivity contribution in [3.8, 4) is 12.1 Å². The molecule has 28 heavy (non-hydrogen) atoms. The van der Waals surface area contributed by atoms with Gasteiger partial charge in [-0.3, -0.25) is 9.59 Å². The number of hydrogen-bond acceptors (Lipinski definition) is 5. The van der Waals surface area contributed by atoms with E-state index >= 15 is 0 Å². The van der Waals surface area contributed by atoms with Crippen LogP contribution in [0.3, 0.4) is 0 Å². The van der Waals surface area contributed by atoms with Crippen molar-refractivity contribution >= 4 is 23.6 Å². The largest absolute Gasteiger partial charge is 0.335 e. The summed E-state index contributed by atoms with van der Waals surface area (Å²) in [5, 5.41) is 21.9. The van der Waals surface area contributed by atoms with Crippen LogP contribution >= 0.6 is 11.8 Å². The molecule has 0 unspecified atom stereocenters. The van der Waals surface area contributed by atoms with Gasteiger partial charge in [0.1, 0.15) is 5.92 Å². The zero-order chi connectivity index (χ0) is 20.9. The minimum Gasteiger partial charge on any atom is -0.335 e. The maximum Gasteiger partial charge on any atom is 0.243 e. The third-order valence-electron chi connectivity index (χ3n) is 4.81. The van der Waals surface area contributed by atoms with Crippen LogP contribution in [-0.2, 0) is 16.1 Å². The number of carbonyl (C=O) groups is 2. The number of nitrogens with zero attached hydrogens (tertiary/aromatic N) is 3. The highest BCUT2D eigenvalue weighted by Gasteiger charge is 2.44. The molecule has 0 spiro atoms. The molecule has 1 aliphatic heterocycles. The quantitative estimate of drug-likeness (QED) is 0.796. The predicted octanol–water partition coefficient (Wildman–Crippen LogP) is 3.19. The predicted molar refractivity (Wildman–Crippen MR) is 108 cm³/mol. The second-order valence-corrected chi connectivity index (χ2v) is 8.46. The van der Waals surface area contributed by atoms with Gasteiger partial charge >= 0.3 is 0 Å². The summed E-state index contributed by atoms with van der Waals surface area (Å²) in [7, 11) is 0. The molecule has 2 amide bonds. The Morgan fingerprint density at radius 2 is 1.93 bits per heavy atom. The lowest BCUT2D eigenvalue weighted by molar-refractivity contribution is -0.130. The fourth-order valence-electron chi connectivity index (χ4n) is 3.09. The third kappa shape index (κ3) is 4.55. The topological polar surface area (TPSA) is 97.0 Å². The van der Waals surface area contributed by atoms with Gasteiger partial charge in [0.15, 0.2) is 0 Å². The molecule has 0 saturated heterocycles. The van der Waals surface area contributed by atoms with E-state index in [4.69, 9.17) is 0 Å². The fourth-order valence-corrected chi connectivity index (χ4v) is 4.15. The molecule has 0 aromatic heterocycles. The van der Waals surface area contributed by atoms with Crippen molar-refractivity contribution in [3.05, 3.63) is 46.5 Å². The van der Waals surface area contributed by atoms with Gasteiger partial charge in [-0.2, -0.15) is 10.5 Å². The van der Waals surface area contributed by atoms with Crippen molar-refractivity contribution in [3.63, 3.8) is 0 Å². The van der Waals surface area contributed by atoms with Crippen LogP contribution in [0.15, 0.2) is 40.9 Å². The van der Waals surface area contributed by atoms with Gasteiger partial charge in [-0.1, -0.05) is 55.9 Å². The summed E-state index contributed by atoms with van der Waals surface area (Å²) in [6, 6.07) is 13.8. The highest BCUT2D eigenvalue weighted by atomic mass is 32.2. The van der Waals surface area contributed by atoms with Crippen LogP contribution < -0.4 is 5.32 Å². The molecule has 1 N–H and O–H groups in total. The van der Waals surface area contributed by atoms with Crippen LogP contribution in [0.4, 0.5) is 0 Å². The number of hydrogen-bond donors (Lipinski definition) is 1. The Morgan fingerprint density at radius 1 is 1.29 bits per heavy atom. The van der Waals surface area contributed by atoms with E-state index in [1.54, 1.807) is 18.7 Å². The first-order chi connectivity index (χ1) is 13.2. The Balaban J connectivity index is 2.17. The Kier molecular flexibility index (Phi) is 6.88. The number of thioether (sulfide) groups is 1. The number of carbonyl (C=O) groups excluding carboxylic acids is 2. The highest BCUT2D eigenvalue weighted by molar-refractivity contribution is 8.03. The molecule has 0 saturated carbocycles. The van der Waals surface area contributed by atoms with Crippen molar-refractivity contribution in [1.82, 2.24) is 10.2 Å². The van der Waals surface area contributed by atoms with Crippen molar-refractivity contribution in [2.75, 3.05) is 5.75 Å². The monoisotopic (exact) mass is 396 g/mol. The molecule has 1 aliphatic rings. The molecule has 146 valence electrons. The molecule has 6 nitrogen and oxygen atoms in total. The molecular weight excluding hydrogens is 372 g/mol. The average Bonchev–Trinajstić information content (AvgIpc) is 2.64. The van der Waals surface area contributed by atoms with Crippen molar-refractivity contribution in [1.29, 1.82) is 10.5 Å². The second kappa shape index (κ2) is 8.95. The zero-order valence-electron chi connectivity index (χ0n) is 16.5. The van der Waals surface area contributed by atoms with Crippen molar-refractivity contribution in [2.45, 2.75) is 40.3 Å². The van der Waals surface area contributed by atoms with E-state index in [-0.39, 0.29) is 17.7 Å². The van der Waals surface area contributed by atoms with Gasteiger partial charge in [0.05, 0.1) is 28.5 Å². The number of amides is 2. The maximum absolute atomic E-state index is 12.8. The molecule has 1 heterocycles. The molecule has 0 aliphatic carbocycles. The normalized spacial score (nSPS) is 18.2. The number of benzene rings is 1. The molecule has 0 radical (unpaired) electrons. The summed E-state index contributed by atoms with van der Waals surface area (Å²) in [5.74, 6) is -1.36. The van der Waals surface area contributed by atoms with Gasteiger partial charge in [0, 0.05) is 18.0 Å². The summed E-state index contributed by atoms with van der Waals surface area (Å²) < 4.78 is 0. The van der Waals surface area contributed by atoms with Crippen LogP contribution in [-0.4, -0.2) is 28.5 Å². The molecular formula is C21H24N4O2S. The van der Waals surface area contributed by atoms with Gasteiger partial charge in [0.25, 0.3) is 0 Å². The summed E-state index contributed by atoms with van der Waals surface area (Å²) in [6.07, 6.45) is 0. The van der Waals surface area contributed by atoms with E-state index in [0.29, 0.717) is 17.1 Å². The lowest BCUT2D eigenvalue weighted by Crippen LogP contribution is -2.45. The van der Waals surface area contributed by atoms with Crippen LogP contribution in [0.2, 0.25) is 0 Å². The number of rotatable bonds is 6. The molecule has 1 aromatic rings. The molecule has 2 rings (SSSR count). The van der Waals surface area contributed by atoms with Crippen LogP contribution in [0.1, 0.15) is 33.3 Å². The number of nitrogens with one attached hydrogen (secondary N) is 1. The first kappa shape index (κ1) is 21.5. The minimum atomic E-state index is -0.938. The Bertz CT molecular complexity index is 863. The summed E-state index contributed by atoms with van der Waals surface area (Å²) >= 11 is 1.14. The Hall–Kier alpha value is -2.77. The molecule has 0 fully saturated rings. The molecule has 1 atom stereocenters. The highest BCUT2D eigenvalue weighted by Crippen LogP contribution is 2.41. The molecule has 1 aromatic carbocycles. The van der Waals surface area contributed by atoms with E-state index in [2.05, 4.69) is 11.4 Å². The van der Waals surface area contributed by atoms with Gasteiger partial charge in [-0.05, 0) is 19.4 Å². The first-order valence-corrected chi connectivity index (χ1v) is 10.0. The van der Waals surface area contributed by atoms with Crippen LogP contribution in [0.25, 0.3) is 0 Å². The third-order valence-corrected chi connectivity index (χ3v) is 5.80. The summed E-state index contributed by atoms with van der Waals surface area (Å²) in [4.78, 5) is 26.8. The zero-order valence-corrected chi connectivity index (χ0v) is 17.3. The van der Waals surface area contributed by atoms with Gasteiger partial charge < -0.3 is 10.2 Å². The van der Waals surface area contributed by atoms with Gasteiger partial charge in [0.2, 0.25) is 11.8 Å². The summed E-state index contributed by atoms with van der Waals surface area (Å²) in [5.41, 5.74) is 0.463. The van der Waals surface area contributed by atoms with E-state index in [1.165, 1.54) is 0 Å². The standard InChI is InChI=1S/C21H24N4O2S/c1-14(2)25(12-15-8-6-5-7-9-15)18(26)13-28-20-17(11-23)21(3,4)16(10-22)19(27)24-20/h5-9,14,16H,12-13H2,1-4H3,(H,24,27)/t16-/m0/s1. The second-order valence-electron chi connectivity index (χ2n) is 7.48. The number of allylic oxidation sites excluding steroid dienone is 1. The van der Waals surface area contributed by atoms with Gasteiger partial charge in [-0.25, -0.2) is 0 Å². The fraction of sp³-hybridized carbons (Fsp3) is 0.429. The smallest absolute Gasteiger partial charge is 0.243 e. The van der Waals surface area contributed by atoms with Crippen molar-refractivity contribution in [2.24, 2.45) is 11.3 Å². The Labute approximate surface area is 170 Å². The van der Waals surface area contributed by atoms with E-state index in [1.807, 2.05) is 50.2 Å². The summed E-state index contributed by atoms with van der Waals surface area (Å²) in [6.45, 7) is 7.81. The molecule has 0 bridgehead atoms. The number of nitriles is 2. The molecule has 7 heteroatoms. The van der Waals surface area contributed by atoms with Crippen LogP contribution in [0.5, 0.6) is 0 Å². The van der Waals surface area contributed by atoms with E-state index in [0.717, 1.165) is 17.3 Å². The lowest BCUT2D eigenvalue weighted by atomic mass is 9.72. The average molecular weight is 397 g/mol. The van der Waals surface area contributed by atoms with Crippen LogP contribution in [0, 0.1) is 34.0 Å². The maximum atomic E-state index is 12.8. The minimum absolute atomic E-state index is 0.0121. The van der Waals surface area contributed by atoms with E-state index in [9.17, 15) is 20.1 Å². The van der Waals surface area contributed by atoms with Gasteiger partial charge in [-0.15, -0.1) is 0 Å². The van der Waals surface area contributed by atoms with E-state index < -0.39 is 17.2 Å². The first-order valence-electron chi connectivity index (χ1n) is 9.03. The lowest BCUT2D eigenvalue weighted by Gasteiger charge is -2.34. The Morgan fingerprint density at radius 3 is 2.46 bits per heavy atom. The van der Waals surface area contributed by atoms with Crippen molar-refractivity contribution < 1.29 is 9.59 Å².